The smallest absolute Gasteiger partial charge is 0.228 e. The Morgan fingerprint density at radius 2 is 2.00 bits per heavy atom. The summed E-state index contributed by atoms with van der Waals surface area (Å²) in [4.78, 5) is 8.84. The minimum atomic E-state index is -0.863. The molecule has 3 heterocycles. The Morgan fingerprint density at radius 3 is 2.74 bits per heavy atom. The van der Waals surface area contributed by atoms with Crippen molar-refractivity contribution in [3.8, 4) is 11.3 Å². The third-order valence-electron chi connectivity index (χ3n) is 4.06. The molecule has 0 saturated carbocycles. The fourth-order valence-electron chi connectivity index (χ4n) is 2.81. The zero-order chi connectivity index (χ0) is 19.0. The summed E-state index contributed by atoms with van der Waals surface area (Å²) < 4.78 is 3.41. The van der Waals surface area contributed by atoms with Crippen molar-refractivity contribution in [2.24, 2.45) is 7.05 Å². The Labute approximate surface area is 155 Å². The largest absolute Gasteiger partial charge is 0.389 e. The van der Waals surface area contributed by atoms with Crippen LogP contribution in [0.25, 0.3) is 22.3 Å². The number of aromatic nitrogens is 7. The molecule has 0 unspecified atom stereocenters. The Kier molecular flexibility index (Phi) is 4.08. The Bertz CT molecular complexity index is 1090. The number of aryl methyl sites for hydroxylation is 1. The highest BCUT2D eigenvalue weighted by Gasteiger charge is 2.17. The monoisotopic (exact) mass is 364 g/mol. The van der Waals surface area contributed by atoms with Crippen molar-refractivity contribution in [2.45, 2.75) is 26.0 Å². The Balaban J connectivity index is 1.64. The molecule has 0 radical (unpaired) electrons. The summed E-state index contributed by atoms with van der Waals surface area (Å²) in [5.41, 5.74) is 2.43. The van der Waals surface area contributed by atoms with Gasteiger partial charge in [-0.1, -0.05) is 11.3 Å². The normalized spacial score (nSPS) is 11.9. The van der Waals surface area contributed by atoms with Gasteiger partial charge in [-0.25, -0.2) is 14.6 Å². The lowest BCUT2D eigenvalue weighted by Gasteiger charge is -2.16. The maximum Gasteiger partial charge on any atom is 0.228 e. The lowest BCUT2D eigenvalue weighted by atomic mass is 10.1. The third-order valence-corrected chi connectivity index (χ3v) is 4.06. The van der Waals surface area contributed by atoms with Gasteiger partial charge in [0.2, 0.25) is 5.95 Å². The molecule has 0 saturated heterocycles. The molecular weight excluding hydrogens is 344 g/mol. The molecule has 27 heavy (non-hydrogen) atoms. The van der Waals surface area contributed by atoms with E-state index in [2.05, 4.69) is 30.7 Å². The molecular formula is C18H20N8O. The lowest BCUT2D eigenvalue weighted by Crippen LogP contribution is -2.26. The summed E-state index contributed by atoms with van der Waals surface area (Å²) in [6.45, 7) is 3.86. The van der Waals surface area contributed by atoms with E-state index in [1.165, 1.54) is 0 Å². The molecule has 0 aliphatic carbocycles. The van der Waals surface area contributed by atoms with Gasteiger partial charge in [-0.2, -0.15) is 5.10 Å². The van der Waals surface area contributed by atoms with E-state index in [0.717, 1.165) is 28.1 Å². The van der Waals surface area contributed by atoms with E-state index in [0.29, 0.717) is 12.5 Å². The number of hydrogen-bond acceptors (Lipinski definition) is 7. The predicted octanol–water partition coefficient (Wildman–Crippen LogP) is 2.14. The van der Waals surface area contributed by atoms with Crippen molar-refractivity contribution < 1.29 is 5.11 Å². The SMILES string of the molecule is Cn1nccc1Nc1nccc(-c2ccc3c(c2)nnn3CC(C)(C)O)n1. The Morgan fingerprint density at radius 1 is 1.15 bits per heavy atom. The van der Waals surface area contributed by atoms with Gasteiger partial charge < -0.3 is 10.4 Å². The van der Waals surface area contributed by atoms with Crippen LogP contribution in [0.1, 0.15) is 13.8 Å². The summed E-state index contributed by atoms with van der Waals surface area (Å²) in [6.07, 6.45) is 3.41. The standard InChI is InChI=1S/C18H20N8O/c1-18(2,27)11-26-15-5-4-12(10-14(15)23-24-26)13-6-8-19-17(21-13)22-16-7-9-20-25(16)3/h4-10,27H,11H2,1-3H3,(H,19,21,22). The maximum atomic E-state index is 10.0. The number of anilines is 2. The minimum Gasteiger partial charge on any atom is -0.389 e. The van der Waals surface area contributed by atoms with Gasteiger partial charge in [0.05, 0.1) is 29.6 Å². The van der Waals surface area contributed by atoms with Gasteiger partial charge in [0.1, 0.15) is 11.3 Å². The second-order valence-corrected chi connectivity index (χ2v) is 6.99. The summed E-state index contributed by atoms with van der Waals surface area (Å²) in [6, 6.07) is 9.52. The topological polar surface area (TPSA) is 107 Å². The molecule has 2 N–H and O–H groups in total. The van der Waals surface area contributed by atoms with Gasteiger partial charge in [0.25, 0.3) is 0 Å². The number of aliphatic hydroxyl groups is 1. The van der Waals surface area contributed by atoms with E-state index in [-0.39, 0.29) is 0 Å². The zero-order valence-electron chi connectivity index (χ0n) is 15.3. The van der Waals surface area contributed by atoms with E-state index in [4.69, 9.17) is 0 Å². The Hall–Kier alpha value is -3.33. The van der Waals surface area contributed by atoms with Crippen LogP contribution < -0.4 is 5.32 Å². The van der Waals surface area contributed by atoms with Crippen LogP contribution in [0, 0.1) is 0 Å². The second-order valence-electron chi connectivity index (χ2n) is 6.99. The van der Waals surface area contributed by atoms with Gasteiger partial charge in [-0.15, -0.1) is 5.10 Å². The van der Waals surface area contributed by atoms with Crippen LogP contribution >= 0.6 is 0 Å². The van der Waals surface area contributed by atoms with Crippen LogP contribution in [0.3, 0.4) is 0 Å². The summed E-state index contributed by atoms with van der Waals surface area (Å²) in [5, 5.41) is 25.6. The van der Waals surface area contributed by atoms with Gasteiger partial charge in [0.15, 0.2) is 0 Å². The first-order chi connectivity index (χ1) is 12.9. The number of nitrogens with zero attached hydrogens (tertiary/aromatic N) is 7. The molecule has 4 aromatic rings. The maximum absolute atomic E-state index is 10.0. The van der Waals surface area contributed by atoms with Crippen LogP contribution in [0.4, 0.5) is 11.8 Å². The fraction of sp³-hybridized carbons (Fsp3) is 0.278. The van der Waals surface area contributed by atoms with E-state index in [1.807, 2.05) is 37.4 Å². The molecule has 0 atom stereocenters. The molecule has 9 nitrogen and oxygen atoms in total. The first-order valence-corrected chi connectivity index (χ1v) is 8.53. The molecule has 9 heteroatoms. The highest BCUT2D eigenvalue weighted by atomic mass is 16.3. The molecule has 3 aromatic heterocycles. The zero-order valence-corrected chi connectivity index (χ0v) is 15.3. The minimum absolute atomic E-state index is 0.370. The van der Waals surface area contributed by atoms with Crippen LogP contribution in [0.2, 0.25) is 0 Å². The number of hydrogen-bond donors (Lipinski definition) is 2. The van der Waals surface area contributed by atoms with Crippen molar-refractivity contribution >= 4 is 22.8 Å². The highest BCUT2D eigenvalue weighted by Crippen LogP contribution is 2.23. The van der Waals surface area contributed by atoms with E-state index in [1.54, 1.807) is 35.6 Å². The van der Waals surface area contributed by atoms with Crippen molar-refractivity contribution in [1.29, 1.82) is 0 Å². The number of rotatable bonds is 5. The summed E-state index contributed by atoms with van der Waals surface area (Å²) in [5.74, 6) is 1.29. The molecule has 138 valence electrons. The van der Waals surface area contributed by atoms with Gasteiger partial charge in [-0.05, 0) is 32.0 Å². The first-order valence-electron chi connectivity index (χ1n) is 8.53. The van der Waals surface area contributed by atoms with Crippen molar-refractivity contribution in [1.82, 2.24) is 34.7 Å². The molecule has 0 amide bonds. The van der Waals surface area contributed by atoms with Gasteiger partial charge >= 0.3 is 0 Å². The van der Waals surface area contributed by atoms with E-state index >= 15 is 0 Å². The van der Waals surface area contributed by atoms with Crippen molar-refractivity contribution in [3.63, 3.8) is 0 Å². The molecule has 1 aromatic carbocycles. The van der Waals surface area contributed by atoms with Crippen LogP contribution in [0.5, 0.6) is 0 Å². The molecule has 0 spiro atoms. The molecule has 0 fully saturated rings. The quantitative estimate of drug-likeness (QED) is 0.559. The van der Waals surface area contributed by atoms with Crippen LogP contribution in [0.15, 0.2) is 42.7 Å². The van der Waals surface area contributed by atoms with Crippen molar-refractivity contribution in [3.05, 3.63) is 42.7 Å². The lowest BCUT2D eigenvalue weighted by molar-refractivity contribution is 0.0585. The first kappa shape index (κ1) is 17.1. The third kappa shape index (κ3) is 3.63. The van der Waals surface area contributed by atoms with E-state index in [9.17, 15) is 5.11 Å². The van der Waals surface area contributed by atoms with Gasteiger partial charge in [-0.3, -0.25) is 4.68 Å². The average molecular weight is 364 g/mol. The highest BCUT2D eigenvalue weighted by molar-refractivity contribution is 5.80. The predicted molar refractivity (Wildman–Crippen MR) is 101 cm³/mol. The van der Waals surface area contributed by atoms with E-state index < -0.39 is 5.60 Å². The number of benzene rings is 1. The molecule has 0 bridgehead atoms. The number of nitrogens with one attached hydrogen (secondary N) is 1. The van der Waals surface area contributed by atoms with Crippen molar-refractivity contribution in [2.75, 3.05) is 5.32 Å². The summed E-state index contributed by atoms with van der Waals surface area (Å²) in [7, 11) is 1.84. The summed E-state index contributed by atoms with van der Waals surface area (Å²) >= 11 is 0. The fourth-order valence-corrected chi connectivity index (χ4v) is 2.81. The molecule has 4 rings (SSSR count). The van der Waals surface area contributed by atoms with Crippen LogP contribution in [-0.2, 0) is 13.6 Å². The van der Waals surface area contributed by atoms with Gasteiger partial charge in [0, 0.05) is 24.9 Å². The molecule has 0 aliphatic rings. The molecule has 0 aliphatic heterocycles. The number of fused-ring (bicyclic) bond motifs is 1. The second kappa shape index (κ2) is 6.44. The van der Waals surface area contributed by atoms with Crippen LogP contribution in [-0.4, -0.2) is 45.4 Å². The average Bonchev–Trinajstić information content (AvgIpc) is 3.20.